The summed E-state index contributed by atoms with van der Waals surface area (Å²) in [5.74, 6) is -2.61. The summed E-state index contributed by atoms with van der Waals surface area (Å²) in [6, 6.07) is -1.55. The van der Waals surface area contributed by atoms with Crippen molar-refractivity contribution in [2.24, 2.45) is 17.8 Å². The summed E-state index contributed by atoms with van der Waals surface area (Å²) in [4.78, 5) is 45.6. The van der Waals surface area contributed by atoms with E-state index in [-0.39, 0.29) is 30.9 Å². The summed E-state index contributed by atoms with van der Waals surface area (Å²) in [5, 5.41) is 10.4. The molecule has 2 fully saturated rings. The van der Waals surface area contributed by atoms with Crippen molar-refractivity contribution in [2.45, 2.75) is 96.1 Å². The largest absolute Gasteiger partial charge is 0.465 e. The van der Waals surface area contributed by atoms with Crippen LogP contribution in [0.4, 0.5) is 0 Å². The molecule has 4 heterocycles. The average molecular weight is 503 g/mol. The maximum atomic E-state index is 14.4. The summed E-state index contributed by atoms with van der Waals surface area (Å²) in [6.07, 6.45) is 10.1. The average Bonchev–Trinajstić information content (AvgIpc) is 3.18. The summed E-state index contributed by atoms with van der Waals surface area (Å²) in [6.45, 7) is 12.3. The Morgan fingerprint density at radius 2 is 1.83 bits per heavy atom. The van der Waals surface area contributed by atoms with Crippen LogP contribution in [0, 0.1) is 17.8 Å². The second kappa shape index (κ2) is 9.60. The molecular weight excluding hydrogens is 460 g/mol. The highest BCUT2D eigenvalue weighted by Gasteiger charge is 2.76. The van der Waals surface area contributed by atoms with Gasteiger partial charge in [0.05, 0.1) is 25.2 Å². The molecule has 1 spiro atoms. The fraction of sp³-hybridized carbons (Fsp3) is 0.750. The van der Waals surface area contributed by atoms with Crippen LogP contribution in [-0.2, 0) is 23.9 Å². The number of cyclic esters (lactones) is 1. The number of hydrogen-bond donors (Lipinski definition) is 1. The fourth-order valence-electron chi connectivity index (χ4n) is 6.63. The summed E-state index contributed by atoms with van der Waals surface area (Å²) < 4.78 is 12.6. The number of likely N-dealkylation sites (tertiary alicyclic amines) is 1. The molecule has 2 saturated heterocycles. The van der Waals surface area contributed by atoms with Gasteiger partial charge in [-0.3, -0.25) is 14.4 Å². The third kappa shape index (κ3) is 4.10. The van der Waals surface area contributed by atoms with E-state index >= 15 is 0 Å². The summed E-state index contributed by atoms with van der Waals surface area (Å²) in [5.41, 5.74) is -2.88. The van der Waals surface area contributed by atoms with Crippen LogP contribution in [0.1, 0.15) is 67.2 Å². The van der Waals surface area contributed by atoms with Gasteiger partial charge in [0.25, 0.3) is 0 Å². The van der Waals surface area contributed by atoms with Gasteiger partial charge in [0, 0.05) is 12.1 Å². The molecule has 0 aromatic carbocycles. The Kier molecular flexibility index (Phi) is 7.16. The predicted molar refractivity (Wildman–Crippen MR) is 135 cm³/mol. The zero-order valence-corrected chi connectivity index (χ0v) is 22.5. The lowest BCUT2D eigenvalue weighted by Crippen LogP contribution is -2.61. The lowest BCUT2D eigenvalue weighted by molar-refractivity contribution is -0.164. The standard InChI is InChI=1S/C28H42N2O6/c1-7-27-12-9-8-10-15-35-25(34)21(27)20-23(32)30(19(17-31)16-18(2)3)22-24(33)29(26(4,5)6)14-11-13-28(20,22)36-27/h9,11-13,18-22,31H,7-8,10,14-17H2,1-6H3/b12-9-/t19-,20+,21+,22?,27-,28+/m1/s1. The number of nitrogens with zero attached hydrogens (tertiary/aromatic N) is 2. The van der Waals surface area contributed by atoms with E-state index in [1.165, 1.54) is 0 Å². The first-order valence-corrected chi connectivity index (χ1v) is 13.4. The molecule has 6 atom stereocenters. The van der Waals surface area contributed by atoms with Crippen LogP contribution in [0.5, 0.6) is 0 Å². The highest BCUT2D eigenvalue weighted by Crippen LogP contribution is 2.58. The molecule has 1 N–H and O–H groups in total. The molecule has 0 radical (unpaired) electrons. The van der Waals surface area contributed by atoms with Gasteiger partial charge in [-0.2, -0.15) is 0 Å². The van der Waals surface area contributed by atoms with E-state index in [1.807, 2.05) is 65.8 Å². The zero-order chi connectivity index (χ0) is 26.5. The molecule has 1 unspecified atom stereocenters. The highest BCUT2D eigenvalue weighted by molar-refractivity contribution is 5.99. The van der Waals surface area contributed by atoms with Crippen LogP contribution < -0.4 is 0 Å². The molecule has 0 aliphatic carbocycles. The Bertz CT molecular complexity index is 952. The first-order valence-electron chi connectivity index (χ1n) is 13.4. The number of aliphatic hydroxyl groups is 1. The number of fused-ring (bicyclic) bond motifs is 2. The molecule has 0 bridgehead atoms. The van der Waals surface area contributed by atoms with Crippen molar-refractivity contribution < 1.29 is 29.0 Å². The van der Waals surface area contributed by atoms with E-state index in [2.05, 4.69) is 0 Å². The first kappa shape index (κ1) is 26.9. The van der Waals surface area contributed by atoms with Crippen molar-refractivity contribution in [2.75, 3.05) is 19.8 Å². The number of ether oxygens (including phenoxy) is 2. The minimum absolute atomic E-state index is 0.190. The van der Waals surface area contributed by atoms with Crippen molar-refractivity contribution in [3.05, 3.63) is 24.3 Å². The summed E-state index contributed by atoms with van der Waals surface area (Å²) in [7, 11) is 0. The molecular formula is C28H42N2O6. The maximum absolute atomic E-state index is 14.4. The normalized spacial score (nSPS) is 36.4. The third-order valence-corrected chi connectivity index (χ3v) is 8.23. The number of rotatable bonds is 5. The number of hydrogen-bond acceptors (Lipinski definition) is 6. The van der Waals surface area contributed by atoms with Crippen LogP contribution in [0.2, 0.25) is 0 Å². The van der Waals surface area contributed by atoms with Crippen molar-refractivity contribution in [1.29, 1.82) is 0 Å². The highest BCUT2D eigenvalue weighted by atomic mass is 16.6. The molecule has 2 amide bonds. The first-order chi connectivity index (χ1) is 16.9. The van der Waals surface area contributed by atoms with Gasteiger partial charge in [0.1, 0.15) is 23.2 Å². The van der Waals surface area contributed by atoms with E-state index in [4.69, 9.17) is 9.47 Å². The number of aliphatic hydroxyl groups excluding tert-OH is 1. The Morgan fingerprint density at radius 3 is 2.44 bits per heavy atom. The zero-order valence-electron chi connectivity index (χ0n) is 22.5. The second-order valence-corrected chi connectivity index (χ2v) is 12.1. The van der Waals surface area contributed by atoms with E-state index in [1.54, 1.807) is 9.80 Å². The van der Waals surface area contributed by atoms with E-state index in [0.29, 0.717) is 25.8 Å². The smallest absolute Gasteiger partial charge is 0.313 e. The minimum atomic E-state index is -1.33. The quantitative estimate of drug-likeness (QED) is 0.459. The fourth-order valence-corrected chi connectivity index (χ4v) is 6.63. The lowest BCUT2D eigenvalue weighted by Gasteiger charge is -2.43. The molecule has 200 valence electrons. The SMILES string of the molecule is CC[C@@]12/C=C\CCCOC(=O)[C@@H]1[C@H]1C(=O)N([C@@H](CO)CC(C)C)C3C(=O)N(C(C)(C)C)CC=C[C@@]31O2. The molecule has 0 aromatic heterocycles. The molecule has 0 aromatic rings. The van der Waals surface area contributed by atoms with Crippen LogP contribution >= 0.6 is 0 Å². The lowest BCUT2D eigenvalue weighted by atomic mass is 9.73. The summed E-state index contributed by atoms with van der Waals surface area (Å²) >= 11 is 0. The molecule has 36 heavy (non-hydrogen) atoms. The van der Waals surface area contributed by atoms with Crippen molar-refractivity contribution in [3.8, 4) is 0 Å². The Balaban J connectivity index is 1.94. The monoisotopic (exact) mass is 502 g/mol. The number of carbonyl (C=O) groups excluding carboxylic acids is 3. The van der Waals surface area contributed by atoms with Gasteiger partial charge < -0.3 is 24.4 Å². The van der Waals surface area contributed by atoms with Gasteiger partial charge in [0.2, 0.25) is 11.8 Å². The van der Waals surface area contributed by atoms with E-state index < -0.39 is 46.6 Å². The minimum Gasteiger partial charge on any atom is -0.465 e. The molecule has 4 aliphatic heterocycles. The van der Waals surface area contributed by atoms with E-state index in [9.17, 15) is 19.5 Å². The van der Waals surface area contributed by atoms with Crippen LogP contribution in [0.3, 0.4) is 0 Å². The molecule has 4 aliphatic rings. The van der Waals surface area contributed by atoms with Crippen molar-refractivity contribution >= 4 is 17.8 Å². The van der Waals surface area contributed by atoms with Crippen molar-refractivity contribution in [3.63, 3.8) is 0 Å². The van der Waals surface area contributed by atoms with Gasteiger partial charge in [-0.25, -0.2) is 0 Å². The van der Waals surface area contributed by atoms with E-state index in [0.717, 1.165) is 6.42 Å². The van der Waals surface area contributed by atoms with Crippen molar-refractivity contribution in [1.82, 2.24) is 9.80 Å². The second-order valence-electron chi connectivity index (χ2n) is 12.1. The Morgan fingerprint density at radius 1 is 1.11 bits per heavy atom. The molecule has 8 nitrogen and oxygen atoms in total. The number of carbonyl (C=O) groups is 3. The Hall–Kier alpha value is -2.19. The number of amides is 2. The predicted octanol–water partition coefficient (Wildman–Crippen LogP) is 2.84. The molecule has 8 heteroatoms. The number of allylic oxidation sites excluding steroid dienone is 1. The third-order valence-electron chi connectivity index (χ3n) is 8.23. The van der Waals surface area contributed by atoms with Crippen LogP contribution in [0.15, 0.2) is 24.3 Å². The van der Waals surface area contributed by atoms with Gasteiger partial charge in [-0.15, -0.1) is 0 Å². The molecule has 4 rings (SSSR count). The van der Waals surface area contributed by atoms with Gasteiger partial charge in [0.15, 0.2) is 0 Å². The van der Waals surface area contributed by atoms with Gasteiger partial charge in [-0.1, -0.05) is 45.1 Å². The van der Waals surface area contributed by atoms with Crippen LogP contribution in [0.25, 0.3) is 0 Å². The number of esters is 1. The van der Waals surface area contributed by atoms with Gasteiger partial charge in [-0.05, 0) is 52.4 Å². The molecule has 0 saturated carbocycles. The van der Waals surface area contributed by atoms with Gasteiger partial charge >= 0.3 is 5.97 Å². The topological polar surface area (TPSA) is 96.4 Å². The van der Waals surface area contributed by atoms with Crippen LogP contribution in [-0.4, -0.2) is 81.3 Å². The Labute approximate surface area is 214 Å². The maximum Gasteiger partial charge on any atom is 0.313 e.